The number of carbonyl (C=O) groups excluding carboxylic acids is 1. The molecule has 0 aliphatic heterocycles. The van der Waals surface area contributed by atoms with Crippen LogP contribution in [0.3, 0.4) is 0 Å². The summed E-state index contributed by atoms with van der Waals surface area (Å²) < 4.78 is 45.3. The molecule has 0 atom stereocenters. The van der Waals surface area contributed by atoms with Crippen molar-refractivity contribution in [2.24, 2.45) is 0 Å². The molecule has 1 heterocycles. The van der Waals surface area contributed by atoms with Crippen molar-refractivity contribution in [2.45, 2.75) is 12.8 Å². The molecule has 0 saturated carbocycles. The van der Waals surface area contributed by atoms with Crippen LogP contribution < -0.4 is 5.32 Å². The first kappa shape index (κ1) is 19.9. The van der Waals surface area contributed by atoms with Crippen LogP contribution in [0.5, 0.6) is 0 Å². The number of hydrogen-bond donors (Lipinski definition) is 2. The van der Waals surface area contributed by atoms with E-state index < -0.39 is 29.5 Å². The van der Waals surface area contributed by atoms with Crippen molar-refractivity contribution in [1.29, 1.82) is 0 Å². The number of anilines is 1. The van der Waals surface area contributed by atoms with Crippen LogP contribution in [0.4, 0.5) is 23.7 Å². The smallest absolute Gasteiger partial charge is 0.434 e. The van der Waals surface area contributed by atoms with Crippen molar-refractivity contribution in [1.82, 2.24) is 9.78 Å². The maximum Gasteiger partial charge on any atom is 0.434 e. The van der Waals surface area contributed by atoms with Crippen LogP contribution in [0.1, 0.15) is 21.6 Å². The molecule has 1 amide bonds. The van der Waals surface area contributed by atoms with E-state index in [2.05, 4.69) is 10.4 Å². The SMILES string of the molecule is O=C(Nc1ccc(-n2ncc(C(=O)O)c2C(F)(F)F)cc1)OCc1ccccc1. The van der Waals surface area contributed by atoms with Crippen LogP contribution in [-0.4, -0.2) is 26.9 Å². The second-order valence-electron chi connectivity index (χ2n) is 5.86. The zero-order chi connectivity index (χ0) is 21.0. The average molecular weight is 405 g/mol. The van der Waals surface area contributed by atoms with Gasteiger partial charge in [-0.25, -0.2) is 14.3 Å². The number of aromatic carboxylic acids is 1. The Morgan fingerprint density at radius 3 is 2.31 bits per heavy atom. The second kappa shape index (κ2) is 8.05. The molecule has 29 heavy (non-hydrogen) atoms. The van der Waals surface area contributed by atoms with E-state index >= 15 is 0 Å². The number of carboxylic acids is 1. The minimum absolute atomic E-state index is 0.0203. The number of nitrogens with one attached hydrogen (secondary N) is 1. The van der Waals surface area contributed by atoms with Crippen LogP contribution in [0.25, 0.3) is 5.69 Å². The number of aromatic nitrogens is 2. The quantitative estimate of drug-likeness (QED) is 0.659. The predicted molar refractivity (Wildman–Crippen MR) is 95.8 cm³/mol. The molecule has 0 saturated heterocycles. The Balaban J connectivity index is 1.72. The van der Waals surface area contributed by atoms with Gasteiger partial charge in [0.2, 0.25) is 0 Å². The molecule has 0 fully saturated rings. The summed E-state index contributed by atoms with van der Waals surface area (Å²) in [6.07, 6.45) is -5.01. The van der Waals surface area contributed by atoms with Crippen LogP contribution in [0.2, 0.25) is 0 Å². The van der Waals surface area contributed by atoms with E-state index in [1.165, 1.54) is 24.3 Å². The van der Waals surface area contributed by atoms with Gasteiger partial charge < -0.3 is 9.84 Å². The van der Waals surface area contributed by atoms with Gasteiger partial charge in [-0.1, -0.05) is 30.3 Å². The summed E-state index contributed by atoms with van der Waals surface area (Å²) in [5.41, 5.74) is -1.29. The first-order chi connectivity index (χ1) is 13.8. The van der Waals surface area contributed by atoms with Gasteiger partial charge in [-0.15, -0.1) is 0 Å². The van der Waals surface area contributed by atoms with Gasteiger partial charge in [0, 0.05) is 5.69 Å². The molecule has 150 valence electrons. The van der Waals surface area contributed by atoms with E-state index in [1.54, 1.807) is 24.3 Å². The molecular weight excluding hydrogens is 391 g/mol. The molecule has 2 N–H and O–H groups in total. The lowest BCUT2D eigenvalue weighted by atomic mass is 10.2. The maximum absolute atomic E-state index is 13.3. The number of benzene rings is 2. The molecular formula is C19H14F3N3O4. The molecule has 0 aliphatic rings. The number of carbonyl (C=O) groups is 2. The lowest BCUT2D eigenvalue weighted by molar-refractivity contribution is -0.143. The third-order valence-corrected chi connectivity index (χ3v) is 3.84. The van der Waals surface area contributed by atoms with Gasteiger partial charge in [0.05, 0.1) is 11.9 Å². The highest BCUT2D eigenvalue weighted by atomic mass is 19.4. The topological polar surface area (TPSA) is 93.5 Å². The summed E-state index contributed by atoms with van der Waals surface area (Å²) in [7, 11) is 0. The minimum atomic E-state index is -4.91. The third-order valence-electron chi connectivity index (χ3n) is 3.84. The lowest BCUT2D eigenvalue weighted by Gasteiger charge is -2.12. The molecule has 0 spiro atoms. The molecule has 10 heteroatoms. The third kappa shape index (κ3) is 4.72. The first-order valence-corrected chi connectivity index (χ1v) is 8.22. The fourth-order valence-electron chi connectivity index (χ4n) is 2.54. The molecule has 2 aromatic carbocycles. The van der Waals surface area contributed by atoms with Crippen LogP contribution >= 0.6 is 0 Å². The lowest BCUT2D eigenvalue weighted by Crippen LogP contribution is -2.17. The molecule has 0 unspecified atom stereocenters. The Labute approximate surface area is 162 Å². The molecule has 7 nitrogen and oxygen atoms in total. The van der Waals surface area contributed by atoms with Gasteiger partial charge in [0.15, 0.2) is 5.69 Å². The van der Waals surface area contributed by atoms with Gasteiger partial charge >= 0.3 is 18.2 Å². The number of nitrogens with zero attached hydrogens (tertiary/aromatic N) is 2. The van der Waals surface area contributed by atoms with Gasteiger partial charge in [0.25, 0.3) is 0 Å². The Kier molecular flexibility index (Phi) is 5.53. The van der Waals surface area contributed by atoms with E-state index in [1.807, 2.05) is 6.07 Å². The number of rotatable bonds is 5. The molecule has 3 rings (SSSR count). The van der Waals surface area contributed by atoms with Crippen LogP contribution in [0.15, 0.2) is 60.8 Å². The van der Waals surface area contributed by atoms with Crippen LogP contribution in [-0.2, 0) is 17.5 Å². The highest BCUT2D eigenvalue weighted by Crippen LogP contribution is 2.33. The van der Waals surface area contributed by atoms with Gasteiger partial charge in [-0.3, -0.25) is 5.32 Å². The van der Waals surface area contributed by atoms with Gasteiger partial charge in [-0.05, 0) is 29.8 Å². The van der Waals surface area contributed by atoms with Crippen LogP contribution in [0, 0.1) is 0 Å². The second-order valence-corrected chi connectivity index (χ2v) is 5.86. The summed E-state index contributed by atoms with van der Waals surface area (Å²) in [5, 5.41) is 14.9. The van der Waals surface area contributed by atoms with Gasteiger partial charge in [0.1, 0.15) is 12.2 Å². The summed E-state index contributed by atoms with van der Waals surface area (Å²) in [5.74, 6) is -1.73. The van der Waals surface area contributed by atoms with Crippen molar-refractivity contribution in [2.75, 3.05) is 5.32 Å². The summed E-state index contributed by atoms with van der Waals surface area (Å²) in [6.45, 7) is 0.0605. The fourth-order valence-corrected chi connectivity index (χ4v) is 2.54. The highest BCUT2D eigenvalue weighted by molar-refractivity contribution is 5.89. The summed E-state index contributed by atoms with van der Waals surface area (Å²) in [4.78, 5) is 22.9. The van der Waals surface area contributed by atoms with Crippen molar-refractivity contribution in [3.63, 3.8) is 0 Å². The van der Waals surface area contributed by atoms with Crippen molar-refractivity contribution in [3.05, 3.63) is 77.6 Å². The molecule has 0 aliphatic carbocycles. The summed E-state index contributed by atoms with van der Waals surface area (Å²) >= 11 is 0. The predicted octanol–water partition coefficient (Wildman–Crippen LogP) is 4.34. The fraction of sp³-hybridized carbons (Fsp3) is 0.105. The Bertz CT molecular complexity index is 1020. The Hall–Kier alpha value is -3.82. The Morgan fingerprint density at radius 1 is 1.07 bits per heavy atom. The zero-order valence-electron chi connectivity index (χ0n) is 14.7. The average Bonchev–Trinajstić information content (AvgIpc) is 3.14. The van der Waals surface area contributed by atoms with Crippen molar-refractivity contribution >= 4 is 17.7 Å². The van der Waals surface area contributed by atoms with E-state index in [-0.39, 0.29) is 18.0 Å². The Morgan fingerprint density at radius 2 is 1.72 bits per heavy atom. The normalized spacial score (nSPS) is 11.1. The van der Waals surface area contributed by atoms with E-state index in [0.29, 0.717) is 10.9 Å². The maximum atomic E-state index is 13.3. The largest absolute Gasteiger partial charge is 0.478 e. The number of carboxylic acid groups (broad SMARTS) is 1. The number of halogens is 3. The molecule has 0 bridgehead atoms. The molecule has 3 aromatic rings. The number of amides is 1. The highest BCUT2D eigenvalue weighted by Gasteiger charge is 2.40. The zero-order valence-corrected chi connectivity index (χ0v) is 14.7. The molecule has 1 aromatic heterocycles. The summed E-state index contributed by atoms with van der Waals surface area (Å²) in [6, 6.07) is 14.2. The van der Waals surface area contributed by atoms with Gasteiger partial charge in [-0.2, -0.15) is 18.3 Å². The van der Waals surface area contributed by atoms with E-state index in [4.69, 9.17) is 9.84 Å². The van der Waals surface area contributed by atoms with Crippen molar-refractivity contribution in [3.8, 4) is 5.69 Å². The monoisotopic (exact) mass is 405 g/mol. The standard InChI is InChI=1S/C19H14F3N3O4/c20-19(21,22)16-15(17(26)27)10-23-25(16)14-8-6-13(7-9-14)24-18(28)29-11-12-4-2-1-3-5-12/h1-10H,11H2,(H,24,28)(H,26,27). The van der Waals surface area contributed by atoms with E-state index in [9.17, 15) is 22.8 Å². The number of ether oxygens (including phenoxy) is 1. The number of alkyl halides is 3. The van der Waals surface area contributed by atoms with E-state index in [0.717, 1.165) is 5.56 Å². The first-order valence-electron chi connectivity index (χ1n) is 8.22. The van der Waals surface area contributed by atoms with Crippen molar-refractivity contribution < 1.29 is 32.6 Å². The molecule has 0 radical (unpaired) electrons. The number of hydrogen-bond acceptors (Lipinski definition) is 4. The minimum Gasteiger partial charge on any atom is -0.478 e.